The van der Waals surface area contributed by atoms with Crippen LogP contribution >= 0.6 is 0 Å². The van der Waals surface area contributed by atoms with Gasteiger partial charge >= 0.3 is 5.97 Å². The summed E-state index contributed by atoms with van der Waals surface area (Å²) >= 11 is 0. The highest BCUT2D eigenvalue weighted by molar-refractivity contribution is 5.96. The quantitative estimate of drug-likeness (QED) is 0.489. The zero-order chi connectivity index (χ0) is 20.6. The minimum atomic E-state index is -0.599. The van der Waals surface area contributed by atoms with Crippen LogP contribution in [0, 0.1) is 18.3 Å². The van der Waals surface area contributed by atoms with E-state index in [1.807, 2.05) is 60.2 Å². The number of nitrogens with zero attached hydrogens (tertiary/aromatic N) is 2. The number of nitriles is 1. The number of para-hydroxylation sites is 1. The maximum Gasteiger partial charge on any atom is 0.331 e. The molecule has 1 aromatic heterocycles. The number of rotatable bonds is 7. The van der Waals surface area contributed by atoms with E-state index in [1.54, 1.807) is 12.1 Å². The van der Waals surface area contributed by atoms with Gasteiger partial charge in [0.1, 0.15) is 0 Å². The Bertz CT molecular complexity index is 1110. The summed E-state index contributed by atoms with van der Waals surface area (Å²) in [4.78, 5) is 23.9. The Kier molecular flexibility index (Phi) is 6.43. The number of carbonyl (C=O) groups excluding carboxylic acids is 2. The van der Waals surface area contributed by atoms with Gasteiger partial charge in [-0.3, -0.25) is 4.79 Å². The van der Waals surface area contributed by atoms with Crippen molar-refractivity contribution in [3.8, 4) is 6.07 Å². The van der Waals surface area contributed by atoms with Crippen molar-refractivity contribution in [3.05, 3.63) is 71.9 Å². The predicted molar refractivity (Wildman–Crippen MR) is 112 cm³/mol. The van der Waals surface area contributed by atoms with E-state index in [9.17, 15) is 9.59 Å². The normalized spacial score (nSPS) is 10.8. The first-order valence-electron chi connectivity index (χ1n) is 9.23. The Morgan fingerprint density at radius 1 is 1.21 bits per heavy atom. The summed E-state index contributed by atoms with van der Waals surface area (Å²) in [6.07, 6.45) is 5.26. The molecule has 0 saturated carbocycles. The summed E-state index contributed by atoms with van der Waals surface area (Å²) in [6, 6.07) is 17.3. The van der Waals surface area contributed by atoms with Gasteiger partial charge in [0, 0.05) is 41.0 Å². The lowest BCUT2D eigenvalue weighted by Crippen LogP contribution is -2.20. The zero-order valence-electron chi connectivity index (χ0n) is 16.1. The molecule has 2 aromatic carbocycles. The molecule has 1 N–H and O–H groups in total. The van der Waals surface area contributed by atoms with Crippen LogP contribution in [-0.2, 0) is 20.9 Å². The number of aryl methyl sites for hydroxylation is 2. The van der Waals surface area contributed by atoms with Crippen LogP contribution in [0.5, 0.6) is 0 Å². The van der Waals surface area contributed by atoms with E-state index in [0.29, 0.717) is 18.7 Å². The van der Waals surface area contributed by atoms with Gasteiger partial charge in [-0.05, 0) is 36.8 Å². The van der Waals surface area contributed by atoms with Crippen molar-refractivity contribution in [2.24, 2.45) is 0 Å². The monoisotopic (exact) mass is 387 g/mol. The molecule has 1 heterocycles. The summed E-state index contributed by atoms with van der Waals surface area (Å²) in [5.41, 5.74) is 3.52. The van der Waals surface area contributed by atoms with E-state index < -0.39 is 11.9 Å². The molecule has 0 spiro atoms. The molecule has 0 unspecified atom stereocenters. The maximum absolute atomic E-state index is 12.0. The van der Waals surface area contributed by atoms with Gasteiger partial charge in [-0.2, -0.15) is 5.26 Å². The second kappa shape index (κ2) is 9.38. The van der Waals surface area contributed by atoms with Gasteiger partial charge in [-0.1, -0.05) is 30.3 Å². The highest BCUT2D eigenvalue weighted by Crippen LogP contribution is 2.22. The molecule has 0 fully saturated rings. The second-order valence-electron chi connectivity index (χ2n) is 6.56. The molecule has 0 aliphatic heterocycles. The maximum atomic E-state index is 12.0. The van der Waals surface area contributed by atoms with Crippen molar-refractivity contribution >= 4 is 34.5 Å². The molecule has 6 heteroatoms. The number of aromatic nitrogens is 1. The predicted octanol–water partition coefficient (Wildman–Crippen LogP) is 4.06. The molecular formula is C23H21N3O3. The van der Waals surface area contributed by atoms with Crippen LogP contribution in [0.3, 0.4) is 0 Å². The Balaban J connectivity index is 1.60. The number of nitrogens with one attached hydrogen (secondary N) is 1. The fourth-order valence-corrected chi connectivity index (χ4v) is 3.03. The number of hydrogen-bond donors (Lipinski definition) is 1. The molecule has 6 nitrogen and oxygen atoms in total. The molecular weight excluding hydrogens is 366 g/mol. The molecule has 29 heavy (non-hydrogen) atoms. The van der Waals surface area contributed by atoms with Gasteiger partial charge in [0.05, 0.1) is 12.5 Å². The minimum absolute atomic E-state index is 0.360. The highest BCUT2D eigenvalue weighted by Gasteiger charge is 2.08. The fraction of sp³-hybridized carbons (Fsp3) is 0.174. The van der Waals surface area contributed by atoms with Crippen LogP contribution in [0.2, 0.25) is 0 Å². The van der Waals surface area contributed by atoms with E-state index in [1.165, 1.54) is 6.08 Å². The lowest BCUT2D eigenvalue weighted by Gasteiger charge is -2.05. The van der Waals surface area contributed by atoms with Crippen molar-refractivity contribution in [3.63, 3.8) is 0 Å². The van der Waals surface area contributed by atoms with E-state index >= 15 is 0 Å². The van der Waals surface area contributed by atoms with Crippen molar-refractivity contribution in [2.75, 3.05) is 11.9 Å². The minimum Gasteiger partial charge on any atom is -0.452 e. The molecule has 0 aliphatic carbocycles. The van der Waals surface area contributed by atoms with Crippen LogP contribution in [0.25, 0.3) is 17.0 Å². The Hall–Kier alpha value is -3.85. The van der Waals surface area contributed by atoms with E-state index in [-0.39, 0.29) is 6.61 Å². The van der Waals surface area contributed by atoms with Crippen molar-refractivity contribution in [1.29, 1.82) is 5.26 Å². The molecule has 0 atom stereocenters. The lowest BCUT2D eigenvalue weighted by molar-refractivity contribution is -0.142. The van der Waals surface area contributed by atoms with Crippen LogP contribution < -0.4 is 5.32 Å². The topological polar surface area (TPSA) is 84.1 Å². The number of benzene rings is 2. The average molecular weight is 387 g/mol. The molecule has 0 bridgehead atoms. The Morgan fingerprint density at radius 3 is 2.83 bits per heavy atom. The third-order valence-electron chi connectivity index (χ3n) is 4.33. The first-order chi connectivity index (χ1) is 14.1. The summed E-state index contributed by atoms with van der Waals surface area (Å²) in [7, 11) is 0. The fourth-order valence-electron chi connectivity index (χ4n) is 3.03. The van der Waals surface area contributed by atoms with Crippen molar-refractivity contribution < 1.29 is 14.3 Å². The van der Waals surface area contributed by atoms with Gasteiger partial charge in [0.15, 0.2) is 6.61 Å². The number of anilines is 1. The summed E-state index contributed by atoms with van der Waals surface area (Å²) < 4.78 is 7.01. The summed E-state index contributed by atoms with van der Waals surface area (Å²) in [5, 5.41) is 12.5. The number of fused-ring (bicyclic) bond motifs is 1. The number of ether oxygens (including phenoxy) is 1. The molecule has 0 radical (unpaired) electrons. The Morgan fingerprint density at radius 2 is 2.03 bits per heavy atom. The molecule has 0 saturated heterocycles. The average Bonchev–Trinajstić information content (AvgIpc) is 3.07. The van der Waals surface area contributed by atoms with Crippen LogP contribution in [0.4, 0.5) is 5.69 Å². The van der Waals surface area contributed by atoms with Gasteiger partial charge in [-0.25, -0.2) is 4.79 Å². The van der Waals surface area contributed by atoms with Crippen molar-refractivity contribution in [1.82, 2.24) is 4.57 Å². The van der Waals surface area contributed by atoms with E-state index in [4.69, 9.17) is 10.00 Å². The number of hydrogen-bond acceptors (Lipinski definition) is 4. The van der Waals surface area contributed by atoms with Gasteiger partial charge < -0.3 is 14.6 Å². The van der Waals surface area contributed by atoms with Crippen LogP contribution in [-0.4, -0.2) is 23.1 Å². The molecule has 146 valence electrons. The first-order valence-corrected chi connectivity index (χ1v) is 9.23. The highest BCUT2D eigenvalue weighted by atomic mass is 16.5. The smallest absolute Gasteiger partial charge is 0.331 e. The Labute approximate surface area is 169 Å². The molecule has 0 aliphatic rings. The van der Waals surface area contributed by atoms with Crippen LogP contribution in [0.15, 0.2) is 60.8 Å². The first kappa shape index (κ1) is 19.9. The second-order valence-corrected chi connectivity index (χ2v) is 6.56. The van der Waals surface area contributed by atoms with Gasteiger partial charge in [0.2, 0.25) is 0 Å². The van der Waals surface area contributed by atoms with Crippen LogP contribution in [0.1, 0.15) is 17.5 Å². The molecule has 3 aromatic rings. The third-order valence-corrected chi connectivity index (χ3v) is 4.33. The standard InChI is InChI=1S/C23H21N3O3/c1-17-6-4-7-19(14-17)25-22(27)16-29-23(28)11-10-18-15-26(13-5-12-24)21-9-3-2-8-20(18)21/h2-4,6-11,14-15H,5,13,16H2,1H3,(H,25,27)/b11-10+. The van der Waals surface area contributed by atoms with Gasteiger partial charge in [-0.15, -0.1) is 0 Å². The molecule has 1 amide bonds. The zero-order valence-corrected chi connectivity index (χ0v) is 16.1. The number of esters is 1. The van der Waals surface area contributed by atoms with Gasteiger partial charge in [0.25, 0.3) is 5.91 Å². The molecule has 3 rings (SSSR count). The van der Waals surface area contributed by atoms with Crippen molar-refractivity contribution in [2.45, 2.75) is 19.9 Å². The number of amides is 1. The SMILES string of the molecule is Cc1cccc(NC(=O)COC(=O)/C=C/c2cn(CCC#N)c3ccccc23)c1. The van der Waals surface area contributed by atoms with E-state index in [0.717, 1.165) is 22.0 Å². The third kappa shape index (κ3) is 5.33. The van der Waals surface area contributed by atoms with E-state index in [2.05, 4.69) is 11.4 Å². The largest absolute Gasteiger partial charge is 0.452 e. The summed E-state index contributed by atoms with van der Waals surface area (Å²) in [6.45, 7) is 2.15. The lowest BCUT2D eigenvalue weighted by atomic mass is 10.1. The summed E-state index contributed by atoms with van der Waals surface area (Å²) in [5.74, 6) is -0.997. The number of carbonyl (C=O) groups is 2.